The van der Waals surface area contributed by atoms with Crippen LogP contribution in [-0.2, 0) is 0 Å². The molecule has 4 nitrogen and oxygen atoms in total. The fraction of sp³-hybridized carbons (Fsp3) is 0. The van der Waals surface area contributed by atoms with Crippen LogP contribution in [0.1, 0.15) is 5.69 Å². The number of nitriles is 1. The quantitative estimate of drug-likeness (QED) is 0.632. The SMILES string of the molecule is N#Cc1ncccc1-n1cnc2ccccc21. The molecule has 0 saturated carbocycles. The Hall–Kier alpha value is -2.67. The standard InChI is InChI=1S/C13H8N4/c14-8-11-13(6-3-7-15-11)17-9-16-10-4-1-2-5-12(10)17/h1-7,9H. The number of pyridine rings is 1. The van der Waals surface area contributed by atoms with Crippen LogP contribution in [0.15, 0.2) is 48.9 Å². The molecule has 0 atom stereocenters. The first-order valence-corrected chi connectivity index (χ1v) is 5.18. The van der Waals surface area contributed by atoms with Crippen LogP contribution in [0, 0.1) is 11.3 Å². The van der Waals surface area contributed by atoms with Gasteiger partial charge in [-0.1, -0.05) is 12.1 Å². The summed E-state index contributed by atoms with van der Waals surface area (Å²) in [6, 6.07) is 13.6. The maximum Gasteiger partial charge on any atom is 0.164 e. The van der Waals surface area contributed by atoms with Gasteiger partial charge in [-0.2, -0.15) is 5.26 Å². The second-order valence-electron chi connectivity index (χ2n) is 3.59. The van der Waals surface area contributed by atoms with Gasteiger partial charge in [0.15, 0.2) is 5.69 Å². The first kappa shape index (κ1) is 9.55. The van der Waals surface area contributed by atoms with E-state index in [-0.39, 0.29) is 0 Å². The summed E-state index contributed by atoms with van der Waals surface area (Å²) in [7, 11) is 0. The third-order valence-electron chi connectivity index (χ3n) is 2.61. The summed E-state index contributed by atoms with van der Waals surface area (Å²) >= 11 is 0. The lowest BCUT2D eigenvalue weighted by atomic mass is 10.2. The summed E-state index contributed by atoms with van der Waals surface area (Å²) < 4.78 is 1.88. The average molecular weight is 220 g/mol. The second kappa shape index (κ2) is 3.72. The normalized spacial score (nSPS) is 10.3. The Kier molecular flexibility index (Phi) is 2.09. The van der Waals surface area contributed by atoms with E-state index < -0.39 is 0 Å². The number of fused-ring (bicyclic) bond motifs is 1. The molecule has 0 aliphatic rings. The number of benzene rings is 1. The molecule has 0 aliphatic heterocycles. The van der Waals surface area contributed by atoms with Gasteiger partial charge in [-0.25, -0.2) is 9.97 Å². The third-order valence-corrected chi connectivity index (χ3v) is 2.61. The Balaban J connectivity index is 2.32. The van der Waals surface area contributed by atoms with Crippen molar-refractivity contribution in [1.82, 2.24) is 14.5 Å². The van der Waals surface area contributed by atoms with Gasteiger partial charge in [-0.3, -0.25) is 4.57 Å². The Labute approximate surface area is 97.8 Å². The zero-order valence-corrected chi connectivity index (χ0v) is 8.91. The van der Waals surface area contributed by atoms with Gasteiger partial charge in [0.05, 0.1) is 16.7 Å². The molecule has 17 heavy (non-hydrogen) atoms. The van der Waals surface area contributed by atoms with Gasteiger partial charge >= 0.3 is 0 Å². The molecule has 0 fully saturated rings. The van der Waals surface area contributed by atoms with Gasteiger partial charge in [-0.05, 0) is 24.3 Å². The molecule has 0 N–H and O–H groups in total. The highest BCUT2D eigenvalue weighted by molar-refractivity contribution is 5.77. The van der Waals surface area contributed by atoms with E-state index in [1.807, 2.05) is 41.0 Å². The lowest BCUT2D eigenvalue weighted by molar-refractivity contribution is 1.06. The van der Waals surface area contributed by atoms with Crippen LogP contribution in [0.4, 0.5) is 0 Å². The monoisotopic (exact) mass is 220 g/mol. The zero-order valence-electron chi connectivity index (χ0n) is 8.91. The minimum Gasteiger partial charge on any atom is -0.296 e. The number of nitrogens with zero attached hydrogens (tertiary/aromatic N) is 4. The smallest absolute Gasteiger partial charge is 0.164 e. The number of imidazole rings is 1. The fourth-order valence-corrected chi connectivity index (χ4v) is 1.83. The van der Waals surface area contributed by atoms with Crippen LogP contribution >= 0.6 is 0 Å². The summed E-state index contributed by atoms with van der Waals surface area (Å²) in [5.74, 6) is 0. The summed E-state index contributed by atoms with van der Waals surface area (Å²) in [4.78, 5) is 8.35. The lowest BCUT2D eigenvalue weighted by Crippen LogP contribution is -1.97. The predicted molar refractivity (Wildman–Crippen MR) is 63.6 cm³/mol. The Morgan fingerprint density at radius 3 is 2.82 bits per heavy atom. The molecular weight excluding hydrogens is 212 g/mol. The first-order valence-electron chi connectivity index (χ1n) is 5.18. The summed E-state index contributed by atoms with van der Waals surface area (Å²) in [6.45, 7) is 0. The van der Waals surface area contributed by atoms with E-state index in [2.05, 4.69) is 16.0 Å². The Morgan fingerprint density at radius 1 is 1.06 bits per heavy atom. The van der Waals surface area contributed by atoms with E-state index >= 15 is 0 Å². The van der Waals surface area contributed by atoms with Crippen molar-refractivity contribution in [2.24, 2.45) is 0 Å². The number of aromatic nitrogens is 3. The topological polar surface area (TPSA) is 54.5 Å². The minimum absolute atomic E-state index is 0.399. The van der Waals surface area contributed by atoms with Crippen molar-refractivity contribution in [3.8, 4) is 11.8 Å². The molecule has 0 amide bonds. The maximum atomic E-state index is 9.04. The van der Waals surface area contributed by atoms with Crippen molar-refractivity contribution in [3.05, 3.63) is 54.6 Å². The first-order chi connectivity index (χ1) is 8.40. The molecule has 2 heterocycles. The highest BCUT2D eigenvalue weighted by Gasteiger charge is 2.08. The minimum atomic E-state index is 0.399. The molecule has 80 valence electrons. The Morgan fingerprint density at radius 2 is 1.94 bits per heavy atom. The van der Waals surface area contributed by atoms with Crippen LogP contribution in [0.5, 0.6) is 0 Å². The number of hydrogen-bond donors (Lipinski definition) is 0. The average Bonchev–Trinajstić information content (AvgIpc) is 2.82. The van der Waals surface area contributed by atoms with Crippen molar-refractivity contribution >= 4 is 11.0 Å². The van der Waals surface area contributed by atoms with Crippen LogP contribution in [0.25, 0.3) is 16.7 Å². The van der Waals surface area contributed by atoms with Gasteiger partial charge < -0.3 is 0 Å². The van der Waals surface area contributed by atoms with Gasteiger partial charge in [0.1, 0.15) is 12.4 Å². The molecular formula is C13H8N4. The number of rotatable bonds is 1. The molecule has 0 spiro atoms. The molecule has 0 saturated heterocycles. The van der Waals surface area contributed by atoms with Crippen molar-refractivity contribution in [2.75, 3.05) is 0 Å². The van der Waals surface area contributed by atoms with Crippen LogP contribution in [-0.4, -0.2) is 14.5 Å². The molecule has 4 heteroatoms. The lowest BCUT2D eigenvalue weighted by Gasteiger charge is -2.04. The van der Waals surface area contributed by atoms with Crippen molar-refractivity contribution in [2.45, 2.75) is 0 Å². The van der Waals surface area contributed by atoms with Crippen molar-refractivity contribution in [1.29, 1.82) is 5.26 Å². The van der Waals surface area contributed by atoms with Crippen molar-refractivity contribution in [3.63, 3.8) is 0 Å². The highest BCUT2D eigenvalue weighted by atomic mass is 15.1. The van der Waals surface area contributed by atoms with E-state index in [1.165, 1.54) is 0 Å². The molecule has 3 aromatic rings. The summed E-state index contributed by atoms with van der Waals surface area (Å²) in [5.41, 5.74) is 3.02. The maximum absolute atomic E-state index is 9.04. The predicted octanol–water partition coefficient (Wildman–Crippen LogP) is 2.29. The van der Waals surface area contributed by atoms with Crippen LogP contribution in [0.2, 0.25) is 0 Å². The highest BCUT2D eigenvalue weighted by Crippen LogP contribution is 2.19. The molecule has 0 bridgehead atoms. The van der Waals surface area contributed by atoms with E-state index in [4.69, 9.17) is 5.26 Å². The molecule has 0 aliphatic carbocycles. The van der Waals surface area contributed by atoms with E-state index in [1.54, 1.807) is 12.5 Å². The Bertz CT molecular complexity index is 721. The third kappa shape index (κ3) is 1.45. The molecule has 0 radical (unpaired) electrons. The van der Waals surface area contributed by atoms with Crippen LogP contribution < -0.4 is 0 Å². The molecule has 0 unspecified atom stereocenters. The van der Waals surface area contributed by atoms with Gasteiger partial charge in [-0.15, -0.1) is 0 Å². The number of hydrogen-bond acceptors (Lipinski definition) is 3. The zero-order chi connectivity index (χ0) is 11.7. The van der Waals surface area contributed by atoms with E-state index in [9.17, 15) is 0 Å². The van der Waals surface area contributed by atoms with Crippen molar-refractivity contribution < 1.29 is 0 Å². The molecule has 2 aromatic heterocycles. The fourth-order valence-electron chi connectivity index (χ4n) is 1.83. The number of para-hydroxylation sites is 2. The van der Waals surface area contributed by atoms with E-state index in [0.29, 0.717) is 5.69 Å². The van der Waals surface area contributed by atoms with Gasteiger partial charge in [0.2, 0.25) is 0 Å². The van der Waals surface area contributed by atoms with Gasteiger partial charge in [0.25, 0.3) is 0 Å². The second-order valence-corrected chi connectivity index (χ2v) is 3.59. The largest absolute Gasteiger partial charge is 0.296 e. The van der Waals surface area contributed by atoms with Crippen LogP contribution in [0.3, 0.4) is 0 Å². The summed E-state index contributed by atoms with van der Waals surface area (Å²) in [6.07, 6.45) is 3.32. The molecule has 1 aromatic carbocycles. The van der Waals surface area contributed by atoms with Gasteiger partial charge in [0, 0.05) is 6.20 Å². The summed E-state index contributed by atoms with van der Waals surface area (Å²) in [5, 5.41) is 9.04. The van der Waals surface area contributed by atoms with E-state index in [0.717, 1.165) is 16.7 Å². The molecule has 3 rings (SSSR count).